The highest BCUT2D eigenvalue weighted by atomic mass is 32.1. The molecule has 5 nitrogen and oxygen atoms in total. The van der Waals surface area contributed by atoms with Crippen LogP contribution in [0.1, 0.15) is 19.8 Å². The van der Waals surface area contributed by atoms with Gasteiger partial charge in [-0.3, -0.25) is 9.69 Å². The number of ether oxygens (including phenoxy) is 1. The summed E-state index contributed by atoms with van der Waals surface area (Å²) in [6.45, 7) is 3.21. The first-order valence-electron chi connectivity index (χ1n) is 5.51. The molecule has 1 aliphatic rings. The van der Waals surface area contributed by atoms with Crippen LogP contribution in [-0.2, 0) is 9.53 Å². The van der Waals surface area contributed by atoms with Crippen molar-refractivity contribution in [2.45, 2.75) is 25.8 Å². The van der Waals surface area contributed by atoms with Crippen molar-refractivity contribution in [3.05, 3.63) is 0 Å². The van der Waals surface area contributed by atoms with Gasteiger partial charge in [0.2, 0.25) is 0 Å². The molecule has 1 heterocycles. The molecule has 1 saturated heterocycles. The minimum atomic E-state index is -0.345. The zero-order valence-corrected chi connectivity index (χ0v) is 10.3. The fourth-order valence-electron chi connectivity index (χ4n) is 1.60. The number of nitrogens with zero attached hydrogens (tertiary/aromatic N) is 1. The molecule has 3 amide bonds. The van der Waals surface area contributed by atoms with E-state index in [0.717, 1.165) is 6.42 Å². The Morgan fingerprint density at radius 1 is 1.44 bits per heavy atom. The van der Waals surface area contributed by atoms with E-state index in [1.165, 1.54) is 4.90 Å². The van der Waals surface area contributed by atoms with Gasteiger partial charge in [0, 0.05) is 5.75 Å². The van der Waals surface area contributed by atoms with Crippen LogP contribution in [-0.4, -0.2) is 48.4 Å². The number of carbonyl (C=O) groups is 2. The first kappa shape index (κ1) is 13.3. The van der Waals surface area contributed by atoms with Gasteiger partial charge < -0.3 is 10.1 Å². The molecule has 0 aliphatic carbocycles. The largest absolute Gasteiger partial charge is 0.379 e. The molecule has 1 N–H and O–H groups in total. The number of hydrogen-bond acceptors (Lipinski definition) is 4. The van der Waals surface area contributed by atoms with Gasteiger partial charge in [-0.2, -0.15) is 12.6 Å². The van der Waals surface area contributed by atoms with Crippen molar-refractivity contribution < 1.29 is 14.3 Å². The fourth-order valence-corrected chi connectivity index (χ4v) is 1.72. The minimum Gasteiger partial charge on any atom is -0.379 e. The Morgan fingerprint density at radius 3 is 2.81 bits per heavy atom. The number of thiol groups is 1. The topological polar surface area (TPSA) is 58.6 Å². The van der Waals surface area contributed by atoms with Crippen molar-refractivity contribution in [1.82, 2.24) is 10.2 Å². The Balaban J connectivity index is 2.36. The molecule has 16 heavy (non-hydrogen) atoms. The summed E-state index contributed by atoms with van der Waals surface area (Å²) in [7, 11) is 0. The van der Waals surface area contributed by atoms with Crippen LogP contribution in [0.15, 0.2) is 0 Å². The average molecular weight is 246 g/mol. The second kappa shape index (κ2) is 6.75. The van der Waals surface area contributed by atoms with E-state index in [9.17, 15) is 9.59 Å². The monoisotopic (exact) mass is 246 g/mol. The molecule has 0 bridgehead atoms. The summed E-state index contributed by atoms with van der Waals surface area (Å²) in [5, 5.41) is 2.66. The maximum absolute atomic E-state index is 11.7. The molecule has 0 aromatic heterocycles. The maximum atomic E-state index is 11.7. The number of rotatable bonds is 7. The molecule has 92 valence electrons. The molecule has 1 atom stereocenters. The zero-order valence-electron chi connectivity index (χ0n) is 9.44. The lowest BCUT2D eigenvalue weighted by atomic mass is 10.2. The van der Waals surface area contributed by atoms with Crippen molar-refractivity contribution in [3.63, 3.8) is 0 Å². The van der Waals surface area contributed by atoms with Crippen LogP contribution in [0.25, 0.3) is 0 Å². The van der Waals surface area contributed by atoms with Crippen molar-refractivity contribution in [2.24, 2.45) is 0 Å². The molecule has 0 saturated carbocycles. The summed E-state index contributed by atoms with van der Waals surface area (Å²) < 4.78 is 5.19. The Kier molecular flexibility index (Phi) is 5.62. The smallest absolute Gasteiger partial charge is 0.324 e. The fraction of sp³-hybridized carbons (Fsp3) is 0.800. The van der Waals surface area contributed by atoms with Gasteiger partial charge in [-0.05, 0) is 6.42 Å². The van der Waals surface area contributed by atoms with Gasteiger partial charge >= 0.3 is 6.03 Å². The summed E-state index contributed by atoms with van der Waals surface area (Å²) in [5.41, 5.74) is 0. The average Bonchev–Trinajstić information content (AvgIpc) is 2.52. The summed E-state index contributed by atoms with van der Waals surface area (Å²) in [5.74, 6) is 0.500. The summed E-state index contributed by atoms with van der Waals surface area (Å²) in [6, 6.07) is -0.652. The van der Waals surface area contributed by atoms with E-state index in [0.29, 0.717) is 31.9 Å². The highest BCUT2D eigenvalue weighted by Gasteiger charge is 2.36. The lowest BCUT2D eigenvalue weighted by Crippen LogP contribution is -2.34. The number of imide groups is 1. The third kappa shape index (κ3) is 3.38. The Hall–Kier alpha value is -0.750. The van der Waals surface area contributed by atoms with E-state index in [4.69, 9.17) is 4.74 Å². The van der Waals surface area contributed by atoms with E-state index in [-0.39, 0.29) is 18.0 Å². The van der Waals surface area contributed by atoms with E-state index >= 15 is 0 Å². The van der Waals surface area contributed by atoms with Crippen LogP contribution in [0.4, 0.5) is 4.79 Å². The third-order valence-corrected chi connectivity index (χ3v) is 2.56. The Labute approximate surface area is 101 Å². The predicted octanol–water partition coefficient (Wildman–Crippen LogP) is 0.653. The molecular weight excluding hydrogens is 228 g/mol. The van der Waals surface area contributed by atoms with Crippen LogP contribution in [0.2, 0.25) is 0 Å². The second-order valence-electron chi connectivity index (χ2n) is 3.62. The molecule has 1 rings (SSSR count). The predicted molar refractivity (Wildman–Crippen MR) is 63.6 cm³/mol. The molecule has 0 aromatic carbocycles. The quantitative estimate of drug-likeness (QED) is 0.394. The molecule has 1 unspecified atom stereocenters. The normalized spacial score (nSPS) is 20.4. The number of carbonyl (C=O) groups excluding carboxylic acids is 2. The molecule has 6 heteroatoms. The summed E-state index contributed by atoms with van der Waals surface area (Å²) in [6.07, 6.45) is 1.57. The highest BCUT2D eigenvalue weighted by molar-refractivity contribution is 7.80. The number of amides is 3. The Morgan fingerprint density at radius 2 is 2.19 bits per heavy atom. The summed E-state index contributed by atoms with van der Waals surface area (Å²) in [4.78, 5) is 24.4. The third-order valence-electron chi connectivity index (χ3n) is 2.38. The van der Waals surface area contributed by atoms with Crippen LogP contribution in [0.5, 0.6) is 0 Å². The van der Waals surface area contributed by atoms with Crippen molar-refractivity contribution in [1.29, 1.82) is 0 Å². The van der Waals surface area contributed by atoms with Gasteiger partial charge in [0.1, 0.15) is 6.04 Å². The molecule has 1 fully saturated rings. The van der Waals surface area contributed by atoms with E-state index in [1.807, 2.05) is 6.92 Å². The SMILES string of the molecule is CCCC1NC(=O)N(CCOCCS)C1=O. The maximum Gasteiger partial charge on any atom is 0.324 e. The van der Waals surface area contributed by atoms with Gasteiger partial charge in [-0.15, -0.1) is 0 Å². The summed E-state index contributed by atoms with van der Waals surface area (Å²) >= 11 is 4.00. The standard InChI is InChI=1S/C10H18N2O3S/c1-2-3-8-9(13)12(10(14)11-8)4-5-15-6-7-16/h8,16H,2-7H2,1H3,(H,11,14). The van der Waals surface area contributed by atoms with Gasteiger partial charge in [0.05, 0.1) is 19.8 Å². The lowest BCUT2D eigenvalue weighted by molar-refractivity contribution is -0.128. The van der Waals surface area contributed by atoms with Crippen molar-refractivity contribution >= 4 is 24.6 Å². The van der Waals surface area contributed by atoms with Gasteiger partial charge in [0.25, 0.3) is 5.91 Å². The van der Waals surface area contributed by atoms with E-state index < -0.39 is 0 Å². The number of nitrogens with one attached hydrogen (secondary N) is 1. The van der Waals surface area contributed by atoms with Crippen LogP contribution >= 0.6 is 12.6 Å². The molecule has 0 aromatic rings. The van der Waals surface area contributed by atoms with E-state index in [2.05, 4.69) is 17.9 Å². The molecule has 0 radical (unpaired) electrons. The number of urea groups is 1. The van der Waals surface area contributed by atoms with Gasteiger partial charge in [-0.25, -0.2) is 4.79 Å². The number of hydrogen-bond donors (Lipinski definition) is 2. The lowest BCUT2D eigenvalue weighted by Gasteiger charge is -2.12. The van der Waals surface area contributed by atoms with Gasteiger partial charge in [0.15, 0.2) is 0 Å². The van der Waals surface area contributed by atoms with Crippen molar-refractivity contribution in [3.8, 4) is 0 Å². The molecule has 0 spiro atoms. The highest BCUT2D eigenvalue weighted by Crippen LogP contribution is 2.10. The first-order valence-corrected chi connectivity index (χ1v) is 6.14. The second-order valence-corrected chi connectivity index (χ2v) is 4.06. The van der Waals surface area contributed by atoms with E-state index in [1.54, 1.807) is 0 Å². The van der Waals surface area contributed by atoms with Crippen molar-refractivity contribution in [2.75, 3.05) is 25.5 Å². The van der Waals surface area contributed by atoms with Crippen LogP contribution < -0.4 is 5.32 Å². The van der Waals surface area contributed by atoms with Crippen LogP contribution in [0.3, 0.4) is 0 Å². The molecule has 1 aliphatic heterocycles. The minimum absolute atomic E-state index is 0.138. The van der Waals surface area contributed by atoms with Gasteiger partial charge in [-0.1, -0.05) is 13.3 Å². The zero-order chi connectivity index (χ0) is 12.0. The van der Waals surface area contributed by atoms with Crippen LogP contribution in [0, 0.1) is 0 Å². The Bertz CT molecular complexity index is 260. The first-order chi connectivity index (χ1) is 7.70. The molecular formula is C10H18N2O3S.